The normalized spacial score (nSPS) is 18.5. The number of carbonyl (C=O) groups excluding carboxylic acids is 4. The summed E-state index contributed by atoms with van der Waals surface area (Å²) in [5.41, 5.74) is 0.728. The summed E-state index contributed by atoms with van der Waals surface area (Å²) in [6.45, 7) is -0.209. The van der Waals surface area contributed by atoms with Crippen molar-refractivity contribution in [2.75, 3.05) is 19.7 Å². The largest absolute Gasteiger partial charge is 0.456 e. The van der Waals surface area contributed by atoms with Gasteiger partial charge in [0.25, 0.3) is 17.1 Å². The molecular formula is C22H27N3O5S. The number of imide groups is 1. The number of hydrogen-bond acceptors (Lipinski definition) is 7. The zero-order valence-corrected chi connectivity index (χ0v) is 18.2. The van der Waals surface area contributed by atoms with Crippen LogP contribution in [-0.2, 0) is 19.1 Å². The Kier molecular flexibility index (Phi) is 8.63. The molecule has 0 aromatic carbocycles. The molecule has 166 valence electrons. The Bertz CT molecular complexity index is 837. The minimum Gasteiger partial charge on any atom is -0.456 e. The van der Waals surface area contributed by atoms with E-state index in [9.17, 15) is 19.2 Å². The highest BCUT2D eigenvalue weighted by atomic mass is 32.2. The number of esters is 1. The van der Waals surface area contributed by atoms with Gasteiger partial charge >= 0.3 is 5.97 Å². The van der Waals surface area contributed by atoms with E-state index in [4.69, 9.17) is 4.74 Å². The summed E-state index contributed by atoms with van der Waals surface area (Å²) in [6.07, 6.45) is 12.0. The summed E-state index contributed by atoms with van der Waals surface area (Å²) >= 11 is 0.855. The molecular weight excluding hydrogens is 418 g/mol. The van der Waals surface area contributed by atoms with Crippen molar-refractivity contribution < 1.29 is 23.9 Å². The zero-order chi connectivity index (χ0) is 22.1. The van der Waals surface area contributed by atoms with Crippen molar-refractivity contribution in [1.82, 2.24) is 15.2 Å². The van der Waals surface area contributed by atoms with Crippen LogP contribution in [0.2, 0.25) is 0 Å². The number of nitrogens with one attached hydrogen (secondary N) is 1. The van der Waals surface area contributed by atoms with Crippen LogP contribution in [0.15, 0.2) is 29.4 Å². The average molecular weight is 446 g/mol. The van der Waals surface area contributed by atoms with Crippen LogP contribution in [0.1, 0.15) is 50.5 Å². The topological polar surface area (TPSA) is 106 Å². The standard InChI is InChI=1S/C22H27N3O5S/c26-19(15-30-20(27)9-8-16-5-2-1-3-6-16)24-11-12-25-21(28)18(31-22(25)29)13-17-7-4-10-23-14-17/h4,7,10,13-14,16H,1-3,5-6,8-9,11-12,15H2,(H,24,26)/b18-13-. The summed E-state index contributed by atoms with van der Waals surface area (Å²) in [5, 5.41) is 2.19. The van der Waals surface area contributed by atoms with Gasteiger partial charge in [0.15, 0.2) is 6.61 Å². The van der Waals surface area contributed by atoms with Crippen LogP contribution < -0.4 is 5.32 Å². The number of rotatable bonds is 9. The lowest BCUT2D eigenvalue weighted by atomic mass is 9.86. The van der Waals surface area contributed by atoms with Crippen LogP contribution in [0, 0.1) is 5.92 Å². The van der Waals surface area contributed by atoms with Gasteiger partial charge in [0.05, 0.1) is 4.91 Å². The smallest absolute Gasteiger partial charge is 0.306 e. The van der Waals surface area contributed by atoms with E-state index in [2.05, 4.69) is 10.3 Å². The Labute approximate surface area is 185 Å². The summed E-state index contributed by atoms with van der Waals surface area (Å²) in [5.74, 6) is -0.640. The number of hydrogen-bond donors (Lipinski definition) is 1. The minimum atomic E-state index is -0.455. The average Bonchev–Trinajstić information content (AvgIpc) is 3.05. The summed E-state index contributed by atoms with van der Waals surface area (Å²) < 4.78 is 5.03. The first-order valence-corrected chi connectivity index (χ1v) is 11.4. The van der Waals surface area contributed by atoms with Gasteiger partial charge in [-0.15, -0.1) is 0 Å². The number of pyridine rings is 1. The Morgan fingerprint density at radius 3 is 2.81 bits per heavy atom. The van der Waals surface area contributed by atoms with E-state index in [0.717, 1.165) is 28.6 Å². The molecule has 2 fully saturated rings. The Morgan fingerprint density at radius 1 is 1.26 bits per heavy atom. The fourth-order valence-corrected chi connectivity index (χ4v) is 4.54. The quantitative estimate of drug-likeness (QED) is 0.460. The molecule has 1 saturated carbocycles. The molecule has 8 nitrogen and oxygen atoms in total. The molecule has 1 saturated heterocycles. The third kappa shape index (κ3) is 7.20. The van der Waals surface area contributed by atoms with Gasteiger partial charge in [-0.1, -0.05) is 38.2 Å². The number of nitrogens with zero attached hydrogens (tertiary/aromatic N) is 2. The molecule has 0 bridgehead atoms. The van der Waals surface area contributed by atoms with Crippen molar-refractivity contribution in [1.29, 1.82) is 0 Å². The molecule has 1 N–H and O–H groups in total. The van der Waals surface area contributed by atoms with Crippen molar-refractivity contribution in [2.24, 2.45) is 5.92 Å². The molecule has 1 aliphatic carbocycles. The first-order chi connectivity index (χ1) is 15.0. The van der Waals surface area contributed by atoms with Gasteiger partial charge in [0.2, 0.25) is 0 Å². The highest BCUT2D eigenvalue weighted by molar-refractivity contribution is 8.18. The predicted octanol–water partition coefficient (Wildman–Crippen LogP) is 3.14. The van der Waals surface area contributed by atoms with Gasteiger partial charge in [0, 0.05) is 31.9 Å². The first-order valence-electron chi connectivity index (χ1n) is 10.6. The lowest BCUT2D eigenvalue weighted by Crippen LogP contribution is -2.38. The van der Waals surface area contributed by atoms with Crippen molar-refractivity contribution in [3.8, 4) is 0 Å². The molecule has 9 heteroatoms. The lowest BCUT2D eigenvalue weighted by Gasteiger charge is -2.20. The van der Waals surface area contributed by atoms with Gasteiger partial charge in [-0.25, -0.2) is 0 Å². The second-order valence-corrected chi connectivity index (χ2v) is 8.67. The number of ether oxygens (including phenoxy) is 1. The number of thioether (sulfide) groups is 1. The van der Waals surface area contributed by atoms with Gasteiger partial charge in [-0.05, 0) is 41.8 Å². The van der Waals surface area contributed by atoms with Crippen molar-refractivity contribution >= 4 is 40.9 Å². The highest BCUT2D eigenvalue weighted by Crippen LogP contribution is 2.31. The van der Waals surface area contributed by atoms with E-state index in [1.807, 2.05) is 0 Å². The molecule has 2 aliphatic rings. The lowest BCUT2D eigenvalue weighted by molar-refractivity contribution is -0.148. The molecule has 1 aromatic rings. The molecule has 2 heterocycles. The molecule has 0 unspecified atom stereocenters. The van der Waals surface area contributed by atoms with Gasteiger partial charge < -0.3 is 10.1 Å². The fourth-order valence-electron chi connectivity index (χ4n) is 3.68. The van der Waals surface area contributed by atoms with Crippen LogP contribution in [0.5, 0.6) is 0 Å². The van der Waals surface area contributed by atoms with E-state index >= 15 is 0 Å². The van der Waals surface area contributed by atoms with Crippen LogP contribution in [-0.4, -0.2) is 52.6 Å². The van der Waals surface area contributed by atoms with Crippen LogP contribution >= 0.6 is 11.8 Å². The number of amides is 3. The first kappa shape index (κ1) is 23.0. The molecule has 1 aliphatic heterocycles. The van der Waals surface area contributed by atoms with Gasteiger partial charge in [-0.2, -0.15) is 0 Å². The van der Waals surface area contributed by atoms with Gasteiger partial charge in [-0.3, -0.25) is 29.1 Å². The molecule has 31 heavy (non-hydrogen) atoms. The zero-order valence-electron chi connectivity index (χ0n) is 17.4. The maximum atomic E-state index is 12.4. The van der Waals surface area contributed by atoms with Crippen LogP contribution in [0.3, 0.4) is 0 Å². The molecule has 0 radical (unpaired) electrons. The number of aromatic nitrogens is 1. The number of carbonyl (C=O) groups is 4. The maximum absolute atomic E-state index is 12.4. The van der Waals surface area contributed by atoms with Crippen molar-refractivity contribution in [2.45, 2.75) is 44.9 Å². The molecule has 3 amide bonds. The third-order valence-electron chi connectivity index (χ3n) is 5.36. The van der Waals surface area contributed by atoms with Crippen molar-refractivity contribution in [3.63, 3.8) is 0 Å². The maximum Gasteiger partial charge on any atom is 0.306 e. The second-order valence-electron chi connectivity index (χ2n) is 7.67. The Morgan fingerprint density at radius 2 is 2.06 bits per heavy atom. The van der Waals surface area contributed by atoms with E-state index < -0.39 is 11.8 Å². The minimum absolute atomic E-state index is 0.0520. The van der Waals surface area contributed by atoms with E-state index in [0.29, 0.717) is 17.2 Å². The third-order valence-corrected chi connectivity index (χ3v) is 6.27. The monoisotopic (exact) mass is 445 g/mol. The summed E-state index contributed by atoms with van der Waals surface area (Å²) in [6, 6.07) is 3.53. The second kappa shape index (κ2) is 11.6. The molecule has 1 aromatic heterocycles. The van der Waals surface area contributed by atoms with Crippen LogP contribution in [0.4, 0.5) is 4.79 Å². The summed E-state index contributed by atoms with van der Waals surface area (Å²) in [4.78, 5) is 53.6. The Hall–Kier alpha value is -2.68. The fraction of sp³-hybridized carbons (Fsp3) is 0.500. The molecule has 3 rings (SSSR count). The van der Waals surface area contributed by atoms with Crippen molar-refractivity contribution in [3.05, 3.63) is 35.0 Å². The predicted molar refractivity (Wildman–Crippen MR) is 117 cm³/mol. The van der Waals surface area contributed by atoms with Crippen LogP contribution in [0.25, 0.3) is 6.08 Å². The van der Waals surface area contributed by atoms with E-state index in [1.165, 1.54) is 32.1 Å². The summed E-state index contributed by atoms with van der Waals surface area (Å²) in [7, 11) is 0. The molecule has 0 atom stereocenters. The van der Waals surface area contributed by atoms with E-state index in [1.54, 1.807) is 30.6 Å². The SMILES string of the molecule is O=C(COC(=O)CCC1CCCCC1)NCCN1C(=O)S/C(=C\c2cccnc2)C1=O. The Balaban J connectivity index is 1.34. The van der Waals surface area contributed by atoms with E-state index in [-0.39, 0.29) is 30.9 Å². The highest BCUT2D eigenvalue weighted by Gasteiger charge is 2.34. The molecule has 0 spiro atoms. The van der Waals surface area contributed by atoms with Gasteiger partial charge in [0.1, 0.15) is 0 Å².